The molecule has 2 atom stereocenters. The lowest BCUT2D eigenvalue weighted by Crippen LogP contribution is -2.33. The second-order valence-corrected chi connectivity index (χ2v) is 5.72. The molecule has 19 heavy (non-hydrogen) atoms. The number of amides is 1. The maximum Gasteiger partial charge on any atom is 0.251 e. The summed E-state index contributed by atoms with van der Waals surface area (Å²) in [6, 6.07) is 5.35. The van der Waals surface area contributed by atoms with Gasteiger partial charge in [0.05, 0.1) is 6.10 Å². The molecule has 2 rings (SSSR count). The number of carbonyl (C=O) groups excluding carboxylic acids is 1. The van der Waals surface area contributed by atoms with Crippen LogP contribution in [0.3, 0.4) is 0 Å². The number of hydrogen-bond donors (Lipinski definition) is 2. The molecule has 2 N–H and O–H groups in total. The highest BCUT2D eigenvalue weighted by Gasteiger charge is 2.21. The van der Waals surface area contributed by atoms with Crippen LogP contribution in [0.25, 0.3) is 0 Å². The lowest BCUT2D eigenvalue weighted by Gasteiger charge is -2.26. The van der Waals surface area contributed by atoms with Crippen LogP contribution in [-0.4, -0.2) is 23.7 Å². The minimum Gasteiger partial charge on any atom is -0.393 e. The van der Waals surface area contributed by atoms with Gasteiger partial charge in [-0.2, -0.15) is 0 Å². The van der Waals surface area contributed by atoms with Gasteiger partial charge in [0.2, 0.25) is 0 Å². The predicted molar refractivity (Wildman–Crippen MR) is 76.5 cm³/mol. The normalized spacial score (nSPS) is 23.1. The highest BCUT2D eigenvalue weighted by molar-refractivity contribution is 6.31. The molecule has 0 heterocycles. The van der Waals surface area contributed by atoms with Crippen molar-refractivity contribution in [3.8, 4) is 0 Å². The number of hydrogen-bond acceptors (Lipinski definition) is 2. The predicted octanol–water partition coefficient (Wildman–Crippen LogP) is 2.93. The lowest BCUT2D eigenvalue weighted by atomic mass is 9.87. The largest absolute Gasteiger partial charge is 0.393 e. The molecule has 104 valence electrons. The number of halogens is 1. The molecular weight excluding hydrogens is 262 g/mol. The van der Waals surface area contributed by atoms with E-state index in [1.165, 1.54) is 0 Å². The zero-order valence-electron chi connectivity index (χ0n) is 11.2. The Morgan fingerprint density at radius 3 is 3.00 bits per heavy atom. The lowest BCUT2D eigenvalue weighted by molar-refractivity contribution is 0.0873. The van der Waals surface area contributed by atoms with Crippen molar-refractivity contribution in [1.29, 1.82) is 0 Å². The molecule has 2 unspecified atom stereocenters. The molecule has 0 spiro atoms. The van der Waals surface area contributed by atoms with Crippen LogP contribution in [-0.2, 0) is 0 Å². The fraction of sp³-hybridized carbons (Fsp3) is 0.533. The van der Waals surface area contributed by atoms with E-state index in [4.69, 9.17) is 11.6 Å². The van der Waals surface area contributed by atoms with Gasteiger partial charge < -0.3 is 10.4 Å². The Labute approximate surface area is 119 Å². The first-order valence-electron chi connectivity index (χ1n) is 6.79. The summed E-state index contributed by atoms with van der Waals surface area (Å²) >= 11 is 6.01. The molecule has 1 aliphatic carbocycles. The molecule has 4 heteroatoms. The van der Waals surface area contributed by atoms with Gasteiger partial charge in [-0.25, -0.2) is 0 Å². The monoisotopic (exact) mass is 281 g/mol. The average Bonchev–Trinajstić information content (AvgIpc) is 2.39. The molecular formula is C15H20ClNO2. The van der Waals surface area contributed by atoms with E-state index < -0.39 is 0 Å². The maximum atomic E-state index is 12.1. The summed E-state index contributed by atoms with van der Waals surface area (Å²) in [5, 5.41) is 13.2. The van der Waals surface area contributed by atoms with E-state index in [1.54, 1.807) is 18.2 Å². The van der Waals surface area contributed by atoms with Crippen molar-refractivity contribution < 1.29 is 9.90 Å². The topological polar surface area (TPSA) is 49.3 Å². The van der Waals surface area contributed by atoms with Crippen LogP contribution in [0.15, 0.2) is 18.2 Å². The highest BCUT2D eigenvalue weighted by Crippen LogP contribution is 2.24. The van der Waals surface area contributed by atoms with Crippen LogP contribution in [0.5, 0.6) is 0 Å². The first-order valence-corrected chi connectivity index (χ1v) is 7.17. The van der Waals surface area contributed by atoms with Gasteiger partial charge in [0, 0.05) is 17.1 Å². The minimum atomic E-state index is -0.205. The molecule has 1 aliphatic rings. The Balaban J connectivity index is 1.92. The molecule has 0 aliphatic heterocycles. The number of aliphatic hydroxyl groups excluding tert-OH is 1. The molecule has 1 saturated carbocycles. The van der Waals surface area contributed by atoms with Gasteiger partial charge in [-0.15, -0.1) is 0 Å². The van der Waals surface area contributed by atoms with E-state index in [2.05, 4.69) is 5.32 Å². The quantitative estimate of drug-likeness (QED) is 0.895. The third-order valence-corrected chi connectivity index (χ3v) is 4.23. The van der Waals surface area contributed by atoms with Gasteiger partial charge in [0.1, 0.15) is 0 Å². The summed E-state index contributed by atoms with van der Waals surface area (Å²) < 4.78 is 0. The summed E-state index contributed by atoms with van der Waals surface area (Å²) in [6.07, 6.45) is 3.58. The van der Waals surface area contributed by atoms with Crippen LogP contribution in [0, 0.1) is 12.8 Å². The summed E-state index contributed by atoms with van der Waals surface area (Å²) in [4.78, 5) is 12.1. The standard InChI is InChI=1S/C15H20ClNO2/c1-10-13(6-3-7-14(10)16)15(19)17-9-11-4-2-5-12(18)8-11/h3,6-7,11-12,18H,2,4-5,8-9H2,1H3,(H,17,19). The van der Waals surface area contributed by atoms with Crippen molar-refractivity contribution in [3.63, 3.8) is 0 Å². The Morgan fingerprint density at radius 2 is 2.26 bits per heavy atom. The van der Waals surface area contributed by atoms with Crippen molar-refractivity contribution in [1.82, 2.24) is 5.32 Å². The maximum absolute atomic E-state index is 12.1. The first-order chi connectivity index (χ1) is 9.08. The van der Waals surface area contributed by atoms with Gasteiger partial charge in [-0.05, 0) is 49.8 Å². The van der Waals surface area contributed by atoms with E-state index in [0.717, 1.165) is 31.2 Å². The number of carbonyl (C=O) groups is 1. The van der Waals surface area contributed by atoms with Crippen LogP contribution in [0.4, 0.5) is 0 Å². The van der Waals surface area contributed by atoms with Crippen molar-refractivity contribution in [3.05, 3.63) is 34.3 Å². The zero-order chi connectivity index (χ0) is 13.8. The molecule has 0 aromatic heterocycles. The Kier molecular flexibility index (Phi) is 4.83. The molecule has 1 aromatic rings. The fourth-order valence-corrected chi connectivity index (χ4v) is 2.81. The van der Waals surface area contributed by atoms with Gasteiger partial charge in [0.15, 0.2) is 0 Å². The third-order valence-electron chi connectivity index (χ3n) is 3.82. The fourth-order valence-electron chi connectivity index (χ4n) is 2.63. The molecule has 0 saturated heterocycles. The van der Waals surface area contributed by atoms with Crippen LogP contribution in [0.2, 0.25) is 5.02 Å². The SMILES string of the molecule is Cc1c(Cl)cccc1C(=O)NCC1CCCC(O)C1. The number of rotatable bonds is 3. The highest BCUT2D eigenvalue weighted by atomic mass is 35.5. The summed E-state index contributed by atoms with van der Waals surface area (Å²) in [7, 11) is 0. The molecule has 1 amide bonds. The summed E-state index contributed by atoms with van der Waals surface area (Å²) in [5.74, 6) is 0.298. The summed E-state index contributed by atoms with van der Waals surface area (Å²) in [6.45, 7) is 2.48. The van der Waals surface area contributed by atoms with Gasteiger partial charge in [-0.3, -0.25) is 4.79 Å². The van der Waals surface area contributed by atoms with Crippen molar-refractivity contribution in [2.75, 3.05) is 6.54 Å². The summed E-state index contributed by atoms with van der Waals surface area (Å²) in [5.41, 5.74) is 1.44. The number of benzene rings is 1. The second kappa shape index (κ2) is 6.40. The molecule has 3 nitrogen and oxygen atoms in total. The second-order valence-electron chi connectivity index (χ2n) is 5.31. The van der Waals surface area contributed by atoms with E-state index in [0.29, 0.717) is 23.0 Å². The molecule has 0 bridgehead atoms. The van der Waals surface area contributed by atoms with E-state index in [-0.39, 0.29) is 12.0 Å². The van der Waals surface area contributed by atoms with Gasteiger partial charge >= 0.3 is 0 Å². The van der Waals surface area contributed by atoms with Gasteiger partial charge in [0.25, 0.3) is 5.91 Å². The van der Waals surface area contributed by atoms with Crippen molar-refractivity contribution in [2.24, 2.45) is 5.92 Å². The third kappa shape index (κ3) is 3.71. The molecule has 0 radical (unpaired) electrons. The first kappa shape index (κ1) is 14.4. The van der Waals surface area contributed by atoms with Crippen LogP contribution < -0.4 is 5.32 Å². The van der Waals surface area contributed by atoms with Crippen LogP contribution in [0.1, 0.15) is 41.6 Å². The van der Waals surface area contributed by atoms with Crippen molar-refractivity contribution >= 4 is 17.5 Å². The van der Waals surface area contributed by atoms with Gasteiger partial charge in [-0.1, -0.05) is 24.1 Å². The minimum absolute atomic E-state index is 0.0833. The zero-order valence-corrected chi connectivity index (χ0v) is 11.9. The Hall–Kier alpha value is -1.06. The van der Waals surface area contributed by atoms with Crippen LogP contribution >= 0.6 is 11.6 Å². The molecule has 1 fully saturated rings. The van der Waals surface area contributed by atoms with E-state index in [9.17, 15) is 9.90 Å². The van der Waals surface area contributed by atoms with E-state index in [1.807, 2.05) is 6.92 Å². The Morgan fingerprint density at radius 1 is 1.47 bits per heavy atom. The van der Waals surface area contributed by atoms with E-state index >= 15 is 0 Å². The Bertz CT molecular complexity index is 461. The smallest absolute Gasteiger partial charge is 0.251 e. The molecule has 1 aromatic carbocycles. The number of aliphatic hydroxyl groups is 1. The average molecular weight is 282 g/mol. The number of nitrogens with one attached hydrogen (secondary N) is 1. The van der Waals surface area contributed by atoms with Crippen molar-refractivity contribution in [2.45, 2.75) is 38.7 Å².